The summed E-state index contributed by atoms with van der Waals surface area (Å²) in [6, 6.07) is 12.2. The maximum atomic E-state index is 12.1. The Labute approximate surface area is 223 Å². The summed E-state index contributed by atoms with van der Waals surface area (Å²) in [6.07, 6.45) is 3.44. The second kappa shape index (κ2) is 11.2. The second-order valence-electron chi connectivity index (χ2n) is 7.43. The van der Waals surface area contributed by atoms with Crippen LogP contribution in [0, 0.1) is 0 Å². The Bertz CT molecular complexity index is 1390. The summed E-state index contributed by atoms with van der Waals surface area (Å²) in [5.41, 5.74) is 8.92. The second-order valence-corrected chi connectivity index (χ2v) is 7.43. The number of methoxy groups -OCH3 is 2. The van der Waals surface area contributed by atoms with Gasteiger partial charge < -0.3 is 30.4 Å². The number of anilines is 2. The van der Waals surface area contributed by atoms with Gasteiger partial charge in [-0.05, 0) is 48.7 Å². The molecule has 0 unspecified atom stereocenters. The zero-order valence-electron chi connectivity index (χ0n) is 19.6. The molecule has 0 radical (unpaired) electrons. The Morgan fingerprint density at radius 3 is 2.54 bits per heavy atom. The Morgan fingerprint density at radius 1 is 1.09 bits per heavy atom. The molecule has 0 spiro atoms. The number of ether oxygens (including phenoxy) is 2. The predicted molar refractivity (Wildman–Crippen MR) is 123 cm³/mol. The number of fused-ring (bicyclic) bond motifs is 1. The number of hydrogen-bond donors (Lipinski definition) is 2. The molecule has 0 atom stereocenters. The molecule has 2 heterocycles. The van der Waals surface area contributed by atoms with Crippen molar-refractivity contribution in [2.75, 3.05) is 19.5 Å². The van der Waals surface area contributed by atoms with E-state index in [4.69, 9.17) is 20.2 Å². The monoisotopic (exact) mass is 483 g/mol. The number of aromatic nitrogens is 3. The number of nitrogens with two attached hydrogens (primary N) is 1. The van der Waals surface area contributed by atoms with Crippen molar-refractivity contribution in [3.8, 4) is 22.8 Å². The van der Waals surface area contributed by atoms with E-state index in [1.54, 1.807) is 55.3 Å². The number of imidazole rings is 1. The molecule has 0 aliphatic rings. The van der Waals surface area contributed by atoms with Crippen molar-refractivity contribution in [3.05, 3.63) is 66.0 Å². The Morgan fingerprint density at radius 2 is 1.86 bits per heavy atom. The van der Waals surface area contributed by atoms with Gasteiger partial charge in [-0.25, -0.2) is 9.97 Å². The van der Waals surface area contributed by atoms with E-state index in [1.807, 2.05) is 18.2 Å². The molecule has 3 N–H and O–H groups in total. The first kappa shape index (κ1) is 26.0. The minimum absolute atomic E-state index is 0. The number of rotatable bonds is 9. The average Bonchev–Trinajstić information content (AvgIpc) is 3.31. The Kier molecular flexibility index (Phi) is 8.34. The molecule has 0 saturated heterocycles. The van der Waals surface area contributed by atoms with Crippen LogP contribution >= 0.6 is 0 Å². The van der Waals surface area contributed by atoms with E-state index in [1.165, 1.54) is 0 Å². The summed E-state index contributed by atoms with van der Waals surface area (Å²) >= 11 is 0. The number of nitrogens with one attached hydrogen (secondary N) is 1. The zero-order valence-corrected chi connectivity index (χ0v) is 21.6. The van der Waals surface area contributed by atoms with Crippen molar-refractivity contribution >= 4 is 29.2 Å². The van der Waals surface area contributed by atoms with Crippen LogP contribution in [0.4, 0.5) is 11.6 Å². The van der Waals surface area contributed by atoms with Crippen molar-refractivity contribution in [1.82, 2.24) is 14.4 Å². The van der Waals surface area contributed by atoms with Gasteiger partial charge in [0.15, 0.2) is 11.5 Å². The van der Waals surface area contributed by atoms with E-state index in [-0.39, 0.29) is 48.0 Å². The topological polar surface area (TPSA) is 144 Å². The van der Waals surface area contributed by atoms with Gasteiger partial charge in [0, 0.05) is 30.0 Å². The first-order valence-corrected chi connectivity index (χ1v) is 10.4. The fourth-order valence-corrected chi connectivity index (χ4v) is 3.58. The van der Waals surface area contributed by atoms with Crippen molar-refractivity contribution in [1.29, 1.82) is 0 Å². The van der Waals surface area contributed by atoms with E-state index in [0.717, 1.165) is 5.56 Å². The number of hydrogen-bond acceptors (Lipinski definition) is 8. The standard InChI is InChI=1S/C24H23N5O5.Na/c1-33-19-7-5-15(12-20(19)34-2)18-13-21-26-9-10-29(21)24(28-18)27-17-6-3-14(4-8-22(30)31)11-16(17)23(25)32;/h3,5-7,9-13H,4,8H2,1-2H3,(H2,25,32)(H,27,28)(H,30,31);/q;+1/p-1. The minimum Gasteiger partial charge on any atom is -0.550 e. The molecule has 0 saturated carbocycles. The first-order valence-electron chi connectivity index (χ1n) is 10.4. The molecule has 2 aromatic carbocycles. The van der Waals surface area contributed by atoms with E-state index in [2.05, 4.69) is 10.3 Å². The van der Waals surface area contributed by atoms with Gasteiger partial charge in [-0.15, -0.1) is 0 Å². The van der Waals surface area contributed by atoms with E-state index in [9.17, 15) is 14.7 Å². The van der Waals surface area contributed by atoms with Crippen LogP contribution in [0.5, 0.6) is 11.5 Å². The van der Waals surface area contributed by atoms with Crippen molar-refractivity contribution < 1.29 is 53.7 Å². The molecule has 0 bridgehead atoms. The normalized spacial score (nSPS) is 10.5. The summed E-state index contributed by atoms with van der Waals surface area (Å²) in [7, 11) is 3.12. The van der Waals surface area contributed by atoms with Crippen LogP contribution in [-0.2, 0) is 11.2 Å². The summed E-state index contributed by atoms with van der Waals surface area (Å²) in [6.45, 7) is 0. The average molecular weight is 483 g/mol. The zero-order chi connectivity index (χ0) is 24.2. The third kappa shape index (κ3) is 5.73. The first-order chi connectivity index (χ1) is 16.4. The molecule has 0 aliphatic heterocycles. The molecule has 4 rings (SSSR count). The smallest absolute Gasteiger partial charge is 0.550 e. The van der Waals surface area contributed by atoms with Crippen molar-refractivity contribution in [3.63, 3.8) is 0 Å². The van der Waals surface area contributed by atoms with Crippen LogP contribution in [0.2, 0.25) is 0 Å². The fourth-order valence-electron chi connectivity index (χ4n) is 3.58. The molecule has 4 aromatic rings. The number of nitrogens with zero attached hydrogens (tertiary/aromatic N) is 3. The van der Waals surface area contributed by atoms with Crippen LogP contribution in [0.25, 0.3) is 16.9 Å². The van der Waals surface area contributed by atoms with Gasteiger partial charge in [0.2, 0.25) is 5.95 Å². The van der Waals surface area contributed by atoms with Crippen LogP contribution in [0.15, 0.2) is 54.9 Å². The van der Waals surface area contributed by atoms with Gasteiger partial charge in [0.05, 0.1) is 31.2 Å². The van der Waals surface area contributed by atoms with Crippen LogP contribution < -0.4 is 55.2 Å². The number of carbonyl (C=O) groups excluding carboxylic acids is 2. The molecule has 1 amide bonds. The molecule has 0 fully saturated rings. The van der Waals surface area contributed by atoms with Gasteiger partial charge in [-0.3, -0.25) is 9.20 Å². The number of carboxylic acids is 1. The van der Waals surface area contributed by atoms with Crippen LogP contribution in [-0.4, -0.2) is 40.5 Å². The van der Waals surface area contributed by atoms with E-state index in [0.29, 0.717) is 40.0 Å². The summed E-state index contributed by atoms with van der Waals surface area (Å²) in [4.78, 5) is 32.0. The number of aryl methyl sites for hydroxylation is 1. The molecule has 2 aromatic heterocycles. The molecule has 11 heteroatoms. The SMILES string of the molecule is COc1ccc(-c2cc3nccn3c(Nc3ccc(CCC(=O)[O-])cc3C(N)=O)n2)cc1OC.[Na+]. The fraction of sp³-hybridized carbons (Fsp3) is 0.167. The quantitative estimate of drug-likeness (QED) is 0.287. The van der Waals surface area contributed by atoms with Crippen LogP contribution in [0.3, 0.4) is 0 Å². The maximum absolute atomic E-state index is 12.1. The minimum atomic E-state index is -1.17. The number of carbonyl (C=O) groups is 2. The van der Waals surface area contributed by atoms with Gasteiger partial charge >= 0.3 is 29.6 Å². The number of carboxylic acid groups (broad SMARTS) is 1. The largest absolute Gasteiger partial charge is 1.00 e. The molecule has 35 heavy (non-hydrogen) atoms. The van der Waals surface area contributed by atoms with Gasteiger partial charge in [0.25, 0.3) is 5.91 Å². The Hall–Kier alpha value is -3.60. The molecule has 10 nitrogen and oxygen atoms in total. The van der Waals surface area contributed by atoms with Gasteiger partial charge in [0.1, 0.15) is 5.65 Å². The Balaban J connectivity index is 0.00000342. The van der Waals surface area contributed by atoms with Gasteiger partial charge in [-0.1, -0.05) is 6.07 Å². The number of amides is 1. The summed E-state index contributed by atoms with van der Waals surface area (Å²) in [5.74, 6) is -0.263. The van der Waals surface area contributed by atoms with Crippen LogP contribution in [0.1, 0.15) is 22.3 Å². The van der Waals surface area contributed by atoms with E-state index >= 15 is 0 Å². The molecule has 0 aliphatic carbocycles. The third-order valence-corrected chi connectivity index (χ3v) is 5.28. The third-order valence-electron chi connectivity index (χ3n) is 5.28. The molecule has 174 valence electrons. The summed E-state index contributed by atoms with van der Waals surface area (Å²) in [5, 5.41) is 13.9. The summed E-state index contributed by atoms with van der Waals surface area (Å²) < 4.78 is 12.4. The van der Waals surface area contributed by atoms with E-state index < -0.39 is 11.9 Å². The number of aliphatic carboxylic acids is 1. The van der Waals surface area contributed by atoms with Gasteiger partial charge in [-0.2, -0.15) is 0 Å². The number of primary amides is 1. The predicted octanol–water partition coefficient (Wildman–Crippen LogP) is -1.06. The molecular formula is C24H22N5NaO5. The van der Waals surface area contributed by atoms with Crippen molar-refractivity contribution in [2.24, 2.45) is 5.73 Å². The number of benzene rings is 2. The molecular weight excluding hydrogens is 461 g/mol. The van der Waals surface area contributed by atoms with Crippen molar-refractivity contribution in [2.45, 2.75) is 12.8 Å². The maximum Gasteiger partial charge on any atom is 1.00 e.